The van der Waals surface area contributed by atoms with E-state index < -0.39 is 5.97 Å². The monoisotopic (exact) mass is 591 g/mol. The Hall–Kier alpha value is -4.35. The SMILES string of the molecule is CCCN1CC(=O)N[C@H]2CCN(Cc3ccc(C(=O)OC)o3)C[C@@H]2OCc2cccc(c2)Oc2cc(ccc2OC)C1=O. The molecule has 3 aromatic rings. The van der Waals surface area contributed by atoms with Crippen LogP contribution in [0.15, 0.2) is 59.0 Å². The second-order valence-electron chi connectivity index (χ2n) is 10.6. The van der Waals surface area contributed by atoms with Gasteiger partial charge in [0.25, 0.3) is 5.91 Å². The molecule has 11 heteroatoms. The second-order valence-corrected chi connectivity index (χ2v) is 10.6. The first kappa shape index (κ1) is 30.1. The van der Waals surface area contributed by atoms with Crippen LogP contribution in [0.5, 0.6) is 17.2 Å². The Morgan fingerprint density at radius 3 is 2.74 bits per heavy atom. The van der Waals surface area contributed by atoms with Crippen LogP contribution in [0.1, 0.15) is 52.0 Å². The van der Waals surface area contributed by atoms with Gasteiger partial charge in [0.15, 0.2) is 11.5 Å². The molecule has 1 N–H and O–H groups in total. The van der Waals surface area contributed by atoms with Crippen molar-refractivity contribution in [1.29, 1.82) is 0 Å². The minimum Gasteiger partial charge on any atom is -0.493 e. The fraction of sp³-hybridized carbons (Fsp3) is 0.406. The molecule has 2 aliphatic heterocycles. The molecule has 0 unspecified atom stereocenters. The topological polar surface area (TPSA) is 120 Å². The maximum Gasteiger partial charge on any atom is 0.373 e. The number of fused-ring (bicyclic) bond motifs is 5. The number of furan rings is 1. The zero-order valence-electron chi connectivity index (χ0n) is 24.7. The zero-order chi connectivity index (χ0) is 30.3. The summed E-state index contributed by atoms with van der Waals surface area (Å²) in [6.45, 7) is 4.27. The van der Waals surface area contributed by atoms with E-state index in [1.165, 1.54) is 7.11 Å². The Labute approximate surface area is 250 Å². The van der Waals surface area contributed by atoms with Crippen molar-refractivity contribution in [2.24, 2.45) is 0 Å². The summed E-state index contributed by atoms with van der Waals surface area (Å²) >= 11 is 0. The van der Waals surface area contributed by atoms with E-state index in [1.54, 1.807) is 42.3 Å². The quantitative estimate of drug-likeness (QED) is 0.424. The lowest BCUT2D eigenvalue weighted by atomic mass is 10.0. The lowest BCUT2D eigenvalue weighted by molar-refractivity contribution is -0.125. The van der Waals surface area contributed by atoms with Crippen molar-refractivity contribution in [3.63, 3.8) is 0 Å². The molecule has 3 heterocycles. The molecule has 0 aliphatic carbocycles. The van der Waals surface area contributed by atoms with Crippen LogP contribution >= 0.6 is 0 Å². The van der Waals surface area contributed by atoms with Gasteiger partial charge in [-0.25, -0.2) is 4.79 Å². The standard InChI is InChI=1S/C32H37N3O8/c1-4-13-35-19-30(36)33-25-12-14-34(17-24-9-11-27(43-24)32(38)40-3)18-29(25)41-20-21-6-5-7-23(15-21)42-28-16-22(31(35)37)8-10-26(28)39-2/h5-11,15-16,25,29H,4,12-14,17-20H2,1-3H3,(H,33,36)/t25-,29-/m0/s1. The number of methoxy groups -OCH3 is 2. The normalized spacial score (nSPS) is 19.7. The summed E-state index contributed by atoms with van der Waals surface area (Å²) in [5, 5.41) is 3.14. The molecule has 0 spiro atoms. The molecule has 1 fully saturated rings. The van der Waals surface area contributed by atoms with E-state index in [4.69, 9.17) is 23.4 Å². The first-order valence-corrected chi connectivity index (χ1v) is 14.4. The van der Waals surface area contributed by atoms with Crippen LogP contribution in [0, 0.1) is 0 Å². The van der Waals surface area contributed by atoms with Gasteiger partial charge < -0.3 is 33.6 Å². The summed E-state index contributed by atoms with van der Waals surface area (Å²) < 4.78 is 28.5. The average Bonchev–Trinajstić information content (AvgIpc) is 3.48. The molecule has 0 radical (unpaired) electrons. The van der Waals surface area contributed by atoms with Crippen molar-refractivity contribution in [3.8, 4) is 17.2 Å². The van der Waals surface area contributed by atoms with Crippen molar-refractivity contribution < 1.29 is 37.7 Å². The van der Waals surface area contributed by atoms with Crippen LogP contribution < -0.4 is 14.8 Å². The van der Waals surface area contributed by atoms with Gasteiger partial charge in [-0.05, 0) is 60.9 Å². The lowest BCUT2D eigenvalue weighted by Crippen LogP contribution is -2.56. The summed E-state index contributed by atoms with van der Waals surface area (Å²) in [6.07, 6.45) is 0.988. The molecule has 11 nitrogen and oxygen atoms in total. The zero-order valence-corrected chi connectivity index (χ0v) is 24.7. The Balaban J connectivity index is 1.40. The van der Waals surface area contributed by atoms with E-state index in [2.05, 4.69) is 10.2 Å². The van der Waals surface area contributed by atoms with Crippen molar-refractivity contribution in [1.82, 2.24) is 15.1 Å². The van der Waals surface area contributed by atoms with Crippen molar-refractivity contribution in [3.05, 3.63) is 77.2 Å². The molecule has 5 rings (SSSR count). The number of rotatable bonds is 6. The number of amides is 2. The van der Waals surface area contributed by atoms with Crippen molar-refractivity contribution >= 4 is 17.8 Å². The van der Waals surface area contributed by atoms with Gasteiger partial charge in [0.05, 0.1) is 46.1 Å². The summed E-state index contributed by atoms with van der Waals surface area (Å²) in [6, 6.07) is 15.7. The fourth-order valence-electron chi connectivity index (χ4n) is 5.40. The minimum atomic E-state index is -0.527. The van der Waals surface area contributed by atoms with Crippen molar-refractivity contribution in [2.45, 2.75) is 45.1 Å². The van der Waals surface area contributed by atoms with Crippen LogP contribution in [0.4, 0.5) is 0 Å². The molecule has 228 valence electrons. The molecule has 1 aromatic heterocycles. The number of hydrogen-bond acceptors (Lipinski definition) is 9. The first-order chi connectivity index (χ1) is 20.9. The predicted molar refractivity (Wildman–Crippen MR) is 156 cm³/mol. The molecule has 2 aromatic carbocycles. The highest BCUT2D eigenvalue weighted by Crippen LogP contribution is 2.33. The molecule has 1 saturated heterocycles. The Kier molecular flexibility index (Phi) is 9.63. The average molecular weight is 592 g/mol. The third kappa shape index (κ3) is 7.36. The van der Waals surface area contributed by atoms with Gasteiger partial charge >= 0.3 is 5.97 Å². The molecule has 0 saturated carbocycles. The third-order valence-corrected chi connectivity index (χ3v) is 7.53. The molecule has 2 atom stereocenters. The maximum atomic E-state index is 13.6. The Morgan fingerprint density at radius 2 is 1.95 bits per heavy atom. The number of hydrogen-bond donors (Lipinski definition) is 1. The minimum absolute atomic E-state index is 0.0798. The number of esters is 1. The highest BCUT2D eigenvalue weighted by Gasteiger charge is 2.33. The van der Waals surface area contributed by atoms with E-state index in [9.17, 15) is 14.4 Å². The van der Waals surface area contributed by atoms with Gasteiger partial charge in [-0.1, -0.05) is 19.1 Å². The number of carbonyl (C=O) groups excluding carboxylic acids is 3. The third-order valence-electron chi connectivity index (χ3n) is 7.53. The van der Waals surface area contributed by atoms with E-state index in [1.807, 2.05) is 31.2 Å². The summed E-state index contributed by atoms with van der Waals surface area (Å²) in [4.78, 5) is 42.4. The summed E-state index contributed by atoms with van der Waals surface area (Å²) in [5.41, 5.74) is 1.30. The lowest BCUT2D eigenvalue weighted by Gasteiger charge is -2.38. The largest absolute Gasteiger partial charge is 0.493 e. The highest BCUT2D eigenvalue weighted by molar-refractivity contribution is 5.97. The molecular weight excluding hydrogens is 554 g/mol. The Morgan fingerprint density at radius 1 is 1.09 bits per heavy atom. The highest BCUT2D eigenvalue weighted by atomic mass is 16.5. The van der Waals surface area contributed by atoms with E-state index in [-0.39, 0.29) is 36.3 Å². The molecule has 43 heavy (non-hydrogen) atoms. The molecule has 2 aliphatic rings. The van der Waals surface area contributed by atoms with Gasteiger partial charge in [-0.15, -0.1) is 0 Å². The van der Waals surface area contributed by atoms with Gasteiger partial charge in [0.1, 0.15) is 11.5 Å². The van der Waals surface area contributed by atoms with E-state index in [0.717, 1.165) is 5.56 Å². The van der Waals surface area contributed by atoms with Gasteiger partial charge in [0, 0.05) is 25.2 Å². The predicted octanol–water partition coefficient (Wildman–Crippen LogP) is 4.01. The number of carbonyl (C=O) groups is 3. The number of likely N-dealkylation sites (tertiary alicyclic amines) is 1. The van der Waals surface area contributed by atoms with Gasteiger partial charge in [-0.2, -0.15) is 0 Å². The summed E-state index contributed by atoms with van der Waals surface area (Å²) in [5.74, 6) is 1.21. The Bertz CT molecular complexity index is 1450. The summed E-state index contributed by atoms with van der Waals surface area (Å²) in [7, 11) is 2.85. The number of ether oxygens (including phenoxy) is 4. The van der Waals surface area contributed by atoms with E-state index >= 15 is 0 Å². The maximum absolute atomic E-state index is 13.6. The van der Waals surface area contributed by atoms with Crippen LogP contribution in [0.2, 0.25) is 0 Å². The second kappa shape index (κ2) is 13.7. The molecular formula is C32H37N3O8. The number of nitrogens with one attached hydrogen (secondary N) is 1. The van der Waals surface area contributed by atoms with Gasteiger partial charge in [0.2, 0.25) is 11.7 Å². The van der Waals surface area contributed by atoms with Crippen LogP contribution in [-0.2, 0) is 27.4 Å². The number of nitrogens with zero attached hydrogens (tertiary/aromatic N) is 2. The molecule has 4 bridgehead atoms. The van der Waals surface area contributed by atoms with Crippen LogP contribution in [0.25, 0.3) is 0 Å². The van der Waals surface area contributed by atoms with Crippen LogP contribution in [-0.4, -0.2) is 80.1 Å². The van der Waals surface area contributed by atoms with Crippen LogP contribution in [0.3, 0.4) is 0 Å². The van der Waals surface area contributed by atoms with E-state index in [0.29, 0.717) is 74.2 Å². The van der Waals surface area contributed by atoms with Gasteiger partial charge in [-0.3, -0.25) is 14.5 Å². The van der Waals surface area contributed by atoms with Crippen molar-refractivity contribution in [2.75, 3.05) is 40.4 Å². The molecule has 2 amide bonds. The smallest absolute Gasteiger partial charge is 0.373 e. The number of piperidine rings is 1. The number of benzene rings is 2. The fourth-order valence-corrected chi connectivity index (χ4v) is 5.40. The first-order valence-electron chi connectivity index (χ1n) is 14.4.